The molecule has 0 aromatic heterocycles. The van der Waals surface area contributed by atoms with Gasteiger partial charge >= 0.3 is 0 Å². The highest BCUT2D eigenvalue weighted by molar-refractivity contribution is 7.87. The summed E-state index contributed by atoms with van der Waals surface area (Å²) in [6, 6.07) is 0.535. The summed E-state index contributed by atoms with van der Waals surface area (Å²) in [4.78, 5) is 0. The molecular weight excluding hydrogens is 278 g/mol. The molecule has 1 saturated carbocycles. The van der Waals surface area contributed by atoms with Crippen LogP contribution in [-0.4, -0.2) is 58.2 Å². The van der Waals surface area contributed by atoms with Gasteiger partial charge in [-0.05, 0) is 45.1 Å². The summed E-state index contributed by atoms with van der Waals surface area (Å²) < 4.78 is 33.6. The van der Waals surface area contributed by atoms with Gasteiger partial charge < -0.3 is 10.1 Å². The van der Waals surface area contributed by atoms with Crippen LogP contribution in [-0.2, 0) is 14.9 Å². The van der Waals surface area contributed by atoms with Crippen molar-refractivity contribution in [1.82, 2.24) is 14.3 Å². The molecule has 2 fully saturated rings. The number of rotatable bonds is 8. The lowest BCUT2D eigenvalue weighted by Gasteiger charge is -2.32. The maximum atomic E-state index is 12.2. The van der Waals surface area contributed by atoms with Crippen LogP contribution < -0.4 is 10.0 Å². The molecule has 1 atom stereocenters. The number of nitrogens with one attached hydrogen (secondary N) is 2. The number of nitrogens with zero attached hydrogens (tertiary/aromatic N) is 1. The molecular formula is C13H27N3O3S. The lowest BCUT2D eigenvalue weighted by atomic mass is 9.98. The van der Waals surface area contributed by atoms with Crippen molar-refractivity contribution in [2.45, 2.75) is 44.7 Å². The van der Waals surface area contributed by atoms with Crippen LogP contribution in [0.15, 0.2) is 0 Å². The minimum atomic E-state index is -3.36. The van der Waals surface area contributed by atoms with Gasteiger partial charge in [0.05, 0.1) is 6.61 Å². The van der Waals surface area contributed by atoms with Crippen molar-refractivity contribution in [3.63, 3.8) is 0 Å². The molecule has 2 N–H and O–H groups in total. The van der Waals surface area contributed by atoms with Crippen LogP contribution in [0.4, 0.5) is 0 Å². The largest absolute Gasteiger partial charge is 0.383 e. The van der Waals surface area contributed by atoms with E-state index in [0.29, 0.717) is 25.6 Å². The van der Waals surface area contributed by atoms with Crippen LogP contribution in [0.5, 0.6) is 0 Å². The quantitative estimate of drug-likeness (QED) is 0.677. The third-order valence-electron chi connectivity index (χ3n) is 3.95. The molecule has 2 rings (SSSR count). The second kappa shape index (κ2) is 7.17. The molecule has 0 aromatic rings. The molecule has 0 bridgehead atoms. The predicted molar refractivity (Wildman–Crippen MR) is 78.7 cm³/mol. The van der Waals surface area contributed by atoms with E-state index in [2.05, 4.69) is 10.0 Å². The molecule has 20 heavy (non-hydrogen) atoms. The molecule has 6 nitrogen and oxygen atoms in total. The van der Waals surface area contributed by atoms with Crippen LogP contribution in [0.2, 0.25) is 0 Å². The first kappa shape index (κ1) is 16.2. The zero-order valence-electron chi connectivity index (χ0n) is 12.5. The zero-order valence-corrected chi connectivity index (χ0v) is 13.3. The molecule has 1 unspecified atom stereocenters. The van der Waals surface area contributed by atoms with Crippen molar-refractivity contribution < 1.29 is 13.2 Å². The smallest absolute Gasteiger partial charge is 0.279 e. The van der Waals surface area contributed by atoms with E-state index in [1.807, 2.05) is 6.92 Å². The summed E-state index contributed by atoms with van der Waals surface area (Å²) >= 11 is 0. The van der Waals surface area contributed by atoms with Crippen LogP contribution >= 0.6 is 0 Å². The van der Waals surface area contributed by atoms with Gasteiger partial charge in [-0.25, -0.2) is 0 Å². The lowest BCUT2D eigenvalue weighted by molar-refractivity contribution is 0.178. The van der Waals surface area contributed by atoms with Crippen LogP contribution in [0.25, 0.3) is 0 Å². The van der Waals surface area contributed by atoms with Gasteiger partial charge in [0, 0.05) is 32.3 Å². The number of methoxy groups -OCH3 is 1. The molecule has 0 amide bonds. The van der Waals surface area contributed by atoms with E-state index in [1.165, 1.54) is 12.8 Å². The third kappa shape index (κ3) is 4.96. The zero-order chi connectivity index (χ0) is 14.6. The Bertz CT molecular complexity index is 390. The third-order valence-corrected chi connectivity index (χ3v) is 5.70. The van der Waals surface area contributed by atoms with Gasteiger partial charge in [-0.1, -0.05) is 0 Å². The van der Waals surface area contributed by atoms with E-state index in [0.717, 1.165) is 25.4 Å². The number of ether oxygens (including phenoxy) is 1. The first-order valence-corrected chi connectivity index (χ1v) is 8.95. The van der Waals surface area contributed by atoms with Crippen molar-refractivity contribution in [3.8, 4) is 0 Å². The number of hydrogen-bond acceptors (Lipinski definition) is 4. The van der Waals surface area contributed by atoms with Crippen molar-refractivity contribution in [3.05, 3.63) is 0 Å². The first-order chi connectivity index (χ1) is 9.51. The molecule has 2 aliphatic rings. The SMILES string of the molecule is COCC(C)NS(=O)(=O)N1CCC(CNC2CC2)CC1. The molecule has 1 saturated heterocycles. The highest BCUT2D eigenvalue weighted by Crippen LogP contribution is 2.22. The molecule has 7 heteroatoms. The van der Waals surface area contributed by atoms with Gasteiger partial charge in [0.15, 0.2) is 0 Å². The average molecular weight is 305 g/mol. The van der Waals surface area contributed by atoms with E-state index in [9.17, 15) is 8.42 Å². The molecule has 0 spiro atoms. The first-order valence-electron chi connectivity index (χ1n) is 7.51. The summed E-state index contributed by atoms with van der Waals surface area (Å²) in [5.41, 5.74) is 0. The van der Waals surface area contributed by atoms with Crippen LogP contribution in [0.1, 0.15) is 32.6 Å². The van der Waals surface area contributed by atoms with Gasteiger partial charge in [0.2, 0.25) is 0 Å². The molecule has 1 aliphatic heterocycles. The van der Waals surface area contributed by atoms with E-state index in [-0.39, 0.29) is 6.04 Å². The highest BCUT2D eigenvalue weighted by Gasteiger charge is 2.29. The van der Waals surface area contributed by atoms with Crippen molar-refractivity contribution in [2.24, 2.45) is 5.92 Å². The van der Waals surface area contributed by atoms with Gasteiger partial charge in [0.1, 0.15) is 0 Å². The standard InChI is InChI=1S/C13H27N3O3S/c1-11(10-19-2)15-20(17,18)16-7-5-12(6-8-16)9-14-13-3-4-13/h11-15H,3-10H2,1-2H3. The van der Waals surface area contributed by atoms with E-state index >= 15 is 0 Å². The Morgan fingerprint density at radius 3 is 2.45 bits per heavy atom. The summed E-state index contributed by atoms with van der Waals surface area (Å²) in [5.74, 6) is 0.610. The topological polar surface area (TPSA) is 70.7 Å². The minimum absolute atomic E-state index is 0.195. The van der Waals surface area contributed by atoms with Crippen molar-refractivity contribution >= 4 is 10.2 Å². The second-order valence-electron chi connectivity index (χ2n) is 6.00. The normalized spacial score (nSPS) is 23.9. The molecule has 0 radical (unpaired) electrons. The summed E-state index contributed by atoms with van der Waals surface area (Å²) in [5, 5.41) is 3.53. The van der Waals surface area contributed by atoms with Crippen LogP contribution in [0, 0.1) is 5.92 Å². The average Bonchev–Trinajstić information content (AvgIpc) is 3.20. The van der Waals surface area contributed by atoms with Gasteiger partial charge in [-0.15, -0.1) is 0 Å². The Kier molecular flexibility index (Phi) is 5.80. The Labute approximate surface area is 122 Å². The monoisotopic (exact) mass is 305 g/mol. The van der Waals surface area contributed by atoms with E-state index in [4.69, 9.17) is 4.74 Å². The summed E-state index contributed by atoms with van der Waals surface area (Å²) in [6.07, 6.45) is 4.49. The molecule has 1 heterocycles. The molecule has 1 aliphatic carbocycles. The lowest BCUT2D eigenvalue weighted by Crippen LogP contribution is -2.49. The molecule has 0 aromatic carbocycles. The fourth-order valence-corrected chi connectivity index (χ4v) is 4.00. The van der Waals surface area contributed by atoms with Gasteiger partial charge in [-0.3, -0.25) is 0 Å². The van der Waals surface area contributed by atoms with Gasteiger partial charge in [-0.2, -0.15) is 17.4 Å². The Hall–Kier alpha value is -0.210. The molecule has 118 valence electrons. The Morgan fingerprint density at radius 2 is 1.90 bits per heavy atom. The Balaban J connectivity index is 1.73. The van der Waals surface area contributed by atoms with Gasteiger partial charge in [0.25, 0.3) is 10.2 Å². The maximum Gasteiger partial charge on any atom is 0.279 e. The van der Waals surface area contributed by atoms with E-state index in [1.54, 1.807) is 11.4 Å². The summed E-state index contributed by atoms with van der Waals surface area (Å²) in [7, 11) is -1.79. The van der Waals surface area contributed by atoms with E-state index < -0.39 is 10.2 Å². The van der Waals surface area contributed by atoms with Crippen molar-refractivity contribution in [2.75, 3.05) is 33.4 Å². The number of piperidine rings is 1. The highest BCUT2D eigenvalue weighted by atomic mass is 32.2. The number of hydrogen-bond donors (Lipinski definition) is 2. The van der Waals surface area contributed by atoms with Crippen LogP contribution in [0.3, 0.4) is 0 Å². The second-order valence-corrected chi connectivity index (χ2v) is 7.71. The predicted octanol–water partition coefficient (Wildman–Crippen LogP) is 0.320. The maximum absolute atomic E-state index is 12.2. The fourth-order valence-electron chi connectivity index (χ4n) is 2.59. The Morgan fingerprint density at radius 1 is 1.25 bits per heavy atom. The fraction of sp³-hybridized carbons (Fsp3) is 1.00. The van der Waals surface area contributed by atoms with Crippen molar-refractivity contribution in [1.29, 1.82) is 0 Å². The minimum Gasteiger partial charge on any atom is -0.383 e. The summed E-state index contributed by atoms with van der Waals surface area (Å²) in [6.45, 7) is 4.47.